The Labute approximate surface area is 145 Å². The minimum absolute atomic E-state index is 0.293. The van der Waals surface area contributed by atoms with Gasteiger partial charge in [0.05, 0.1) is 0 Å². The molecule has 0 amide bonds. The number of aryl methyl sites for hydroxylation is 1. The Hall–Kier alpha value is -2.36. The van der Waals surface area contributed by atoms with Crippen LogP contribution in [0.2, 0.25) is 0 Å². The summed E-state index contributed by atoms with van der Waals surface area (Å²) in [6.45, 7) is 7.37. The fourth-order valence-electron chi connectivity index (χ4n) is 2.68. The zero-order chi connectivity index (χ0) is 17.4. The van der Waals surface area contributed by atoms with Crippen molar-refractivity contribution in [2.75, 3.05) is 13.6 Å². The maximum Gasteiger partial charge on any atom is 0.191 e. The second-order valence-electron chi connectivity index (χ2n) is 6.18. The molecule has 128 valence electrons. The van der Waals surface area contributed by atoms with E-state index in [4.69, 9.17) is 0 Å². The van der Waals surface area contributed by atoms with Crippen LogP contribution in [0.1, 0.15) is 36.5 Å². The fraction of sp³-hybridized carbons (Fsp3) is 0.400. The Morgan fingerprint density at radius 3 is 2.58 bits per heavy atom. The molecule has 2 N–H and O–H groups in total. The Bertz CT molecular complexity index is 652. The molecule has 0 bridgehead atoms. The van der Waals surface area contributed by atoms with Gasteiger partial charge in [-0.3, -0.25) is 9.98 Å². The first-order chi connectivity index (χ1) is 11.6. The number of nitrogens with one attached hydrogen (secondary N) is 2. The number of rotatable bonds is 6. The van der Waals surface area contributed by atoms with Crippen molar-refractivity contribution >= 4 is 5.96 Å². The molecule has 0 aliphatic heterocycles. The van der Waals surface area contributed by atoms with E-state index in [-0.39, 0.29) is 0 Å². The quantitative estimate of drug-likeness (QED) is 0.633. The van der Waals surface area contributed by atoms with Crippen molar-refractivity contribution in [3.63, 3.8) is 0 Å². The van der Waals surface area contributed by atoms with Gasteiger partial charge in [-0.1, -0.05) is 37.3 Å². The van der Waals surface area contributed by atoms with E-state index >= 15 is 0 Å². The van der Waals surface area contributed by atoms with Gasteiger partial charge >= 0.3 is 0 Å². The van der Waals surface area contributed by atoms with Crippen LogP contribution < -0.4 is 10.6 Å². The van der Waals surface area contributed by atoms with E-state index in [9.17, 15) is 0 Å². The smallest absolute Gasteiger partial charge is 0.191 e. The molecule has 0 aliphatic rings. The van der Waals surface area contributed by atoms with Gasteiger partial charge in [0.15, 0.2) is 5.96 Å². The van der Waals surface area contributed by atoms with Crippen LogP contribution in [0.3, 0.4) is 0 Å². The third kappa shape index (κ3) is 5.08. The molecule has 0 aliphatic carbocycles. The highest BCUT2D eigenvalue weighted by molar-refractivity contribution is 5.80. The summed E-state index contributed by atoms with van der Waals surface area (Å²) in [6, 6.07) is 12.9. The first-order valence-electron chi connectivity index (χ1n) is 8.53. The summed E-state index contributed by atoms with van der Waals surface area (Å²) >= 11 is 0. The number of guanidine groups is 1. The van der Waals surface area contributed by atoms with Crippen LogP contribution in [0.15, 0.2) is 53.8 Å². The van der Waals surface area contributed by atoms with Gasteiger partial charge in [-0.05, 0) is 43.0 Å². The zero-order valence-corrected chi connectivity index (χ0v) is 15.1. The van der Waals surface area contributed by atoms with Crippen molar-refractivity contribution in [1.29, 1.82) is 0 Å². The van der Waals surface area contributed by atoms with Crippen molar-refractivity contribution in [3.8, 4) is 0 Å². The maximum absolute atomic E-state index is 4.34. The molecule has 0 spiro atoms. The average Bonchev–Trinajstić information content (AvgIpc) is 2.62. The highest BCUT2D eigenvalue weighted by Gasteiger charge is 2.15. The van der Waals surface area contributed by atoms with Crippen molar-refractivity contribution in [2.45, 2.75) is 39.2 Å². The van der Waals surface area contributed by atoms with Crippen LogP contribution in [0.5, 0.6) is 0 Å². The second-order valence-corrected chi connectivity index (χ2v) is 6.18. The Balaban J connectivity index is 1.85. The molecule has 0 radical (unpaired) electrons. The molecule has 24 heavy (non-hydrogen) atoms. The fourth-order valence-corrected chi connectivity index (χ4v) is 2.68. The Kier molecular flexibility index (Phi) is 6.79. The molecule has 0 fully saturated rings. The topological polar surface area (TPSA) is 49.3 Å². The van der Waals surface area contributed by atoms with Crippen molar-refractivity contribution in [3.05, 3.63) is 65.5 Å². The minimum atomic E-state index is 0.293. The summed E-state index contributed by atoms with van der Waals surface area (Å²) in [5, 5.41) is 6.89. The highest BCUT2D eigenvalue weighted by Crippen LogP contribution is 2.18. The number of nitrogens with zero attached hydrogens (tertiary/aromatic N) is 2. The average molecular weight is 324 g/mol. The van der Waals surface area contributed by atoms with Crippen LogP contribution in [0, 0.1) is 6.92 Å². The van der Waals surface area contributed by atoms with E-state index in [2.05, 4.69) is 77.8 Å². The standard InChI is InChI=1S/C20H28N4/c1-15-14-22-12-10-18(15)11-13-23-20(21-4)24-17(3)16(2)19-8-6-5-7-9-19/h5-10,12,14,16-17H,11,13H2,1-4H3,(H2,21,23,24). The summed E-state index contributed by atoms with van der Waals surface area (Å²) in [4.78, 5) is 8.48. The van der Waals surface area contributed by atoms with E-state index in [1.165, 1.54) is 16.7 Å². The van der Waals surface area contributed by atoms with E-state index in [1.807, 2.05) is 19.4 Å². The van der Waals surface area contributed by atoms with E-state index < -0.39 is 0 Å². The number of hydrogen-bond donors (Lipinski definition) is 2. The highest BCUT2D eigenvalue weighted by atomic mass is 15.2. The first-order valence-corrected chi connectivity index (χ1v) is 8.53. The monoisotopic (exact) mass is 324 g/mol. The SMILES string of the molecule is CN=C(NCCc1ccncc1C)NC(C)C(C)c1ccccc1. The lowest BCUT2D eigenvalue weighted by Crippen LogP contribution is -2.44. The molecule has 1 aromatic heterocycles. The molecule has 4 heteroatoms. The van der Waals surface area contributed by atoms with Gasteiger partial charge in [-0.2, -0.15) is 0 Å². The van der Waals surface area contributed by atoms with Crippen LogP contribution in [-0.2, 0) is 6.42 Å². The maximum atomic E-state index is 4.34. The lowest BCUT2D eigenvalue weighted by molar-refractivity contribution is 0.550. The van der Waals surface area contributed by atoms with Gasteiger partial charge < -0.3 is 10.6 Å². The third-order valence-corrected chi connectivity index (χ3v) is 4.49. The molecule has 4 nitrogen and oxygen atoms in total. The van der Waals surface area contributed by atoms with E-state index in [1.54, 1.807) is 0 Å². The zero-order valence-electron chi connectivity index (χ0n) is 15.1. The van der Waals surface area contributed by atoms with Crippen molar-refractivity contribution in [1.82, 2.24) is 15.6 Å². The molecule has 2 aromatic rings. The summed E-state index contributed by atoms with van der Waals surface area (Å²) in [5.41, 5.74) is 3.88. The van der Waals surface area contributed by atoms with Gasteiger partial charge in [0.2, 0.25) is 0 Å². The number of hydrogen-bond acceptors (Lipinski definition) is 2. The first kappa shape index (κ1) is 18.0. The van der Waals surface area contributed by atoms with Crippen LogP contribution in [0.25, 0.3) is 0 Å². The Morgan fingerprint density at radius 2 is 1.92 bits per heavy atom. The van der Waals surface area contributed by atoms with Crippen LogP contribution in [0.4, 0.5) is 0 Å². The van der Waals surface area contributed by atoms with E-state index in [0.717, 1.165) is 18.9 Å². The number of aromatic nitrogens is 1. The van der Waals surface area contributed by atoms with Gasteiger partial charge in [-0.15, -0.1) is 0 Å². The molecule has 2 unspecified atom stereocenters. The number of benzene rings is 1. The van der Waals surface area contributed by atoms with Gasteiger partial charge in [-0.25, -0.2) is 0 Å². The summed E-state index contributed by atoms with van der Waals surface area (Å²) in [6.07, 6.45) is 4.71. The minimum Gasteiger partial charge on any atom is -0.356 e. The summed E-state index contributed by atoms with van der Waals surface area (Å²) < 4.78 is 0. The van der Waals surface area contributed by atoms with Gasteiger partial charge in [0.1, 0.15) is 0 Å². The molecule has 1 aromatic carbocycles. The van der Waals surface area contributed by atoms with Gasteiger partial charge in [0.25, 0.3) is 0 Å². The van der Waals surface area contributed by atoms with Crippen molar-refractivity contribution in [2.24, 2.45) is 4.99 Å². The van der Waals surface area contributed by atoms with Crippen LogP contribution in [-0.4, -0.2) is 30.6 Å². The lowest BCUT2D eigenvalue weighted by atomic mass is 9.94. The molecule has 1 heterocycles. The molecule has 0 saturated heterocycles. The molecule has 0 saturated carbocycles. The number of pyridine rings is 1. The largest absolute Gasteiger partial charge is 0.356 e. The van der Waals surface area contributed by atoms with Crippen molar-refractivity contribution < 1.29 is 0 Å². The lowest BCUT2D eigenvalue weighted by Gasteiger charge is -2.24. The van der Waals surface area contributed by atoms with Gasteiger partial charge in [0, 0.05) is 37.9 Å². The Morgan fingerprint density at radius 1 is 1.17 bits per heavy atom. The normalized spacial score (nSPS) is 14.1. The molecular weight excluding hydrogens is 296 g/mol. The number of aliphatic imine (C=N–C) groups is 1. The predicted octanol–water partition coefficient (Wildman–Crippen LogP) is 3.29. The third-order valence-electron chi connectivity index (χ3n) is 4.49. The predicted molar refractivity (Wildman–Crippen MR) is 101 cm³/mol. The second kappa shape index (κ2) is 9.06. The molecular formula is C20H28N4. The molecule has 2 rings (SSSR count). The summed E-state index contributed by atoms with van der Waals surface area (Å²) in [5.74, 6) is 1.25. The molecule has 2 atom stereocenters. The van der Waals surface area contributed by atoms with Crippen LogP contribution >= 0.6 is 0 Å². The van der Waals surface area contributed by atoms with E-state index in [0.29, 0.717) is 12.0 Å². The summed E-state index contributed by atoms with van der Waals surface area (Å²) in [7, 11) is 1.81.